The minimum atomic E-state index is -0.651. The second-order valence-electron chi connectivity index (χ2n) is 8.72. The summed E-state index contributed by atoms with van der Waals surface area (Å²) in [6.07, 6.45) is 0.0188. The van der Waals surface area contributed by atoms with E-state index in [9.17, 15) is 14.4 Å². The van der Waals surface area contributed by atoms with E-state index in [1.807, 2.05) is 38.1 Å². The van der Waals surface area contributed by atoms with E-state index in [1.165, 1.54) is 4.90 Å². The molecular formula is C28H27BrN2O6. The summed E-state index contributed by atoms with van der Waals surface area (Å²) >= 11 is 3.46. The van der Waals surface area contributed by atoms with Gasteiger partial charge in [-0.15, -0.1) is 0 Å². The molecular weight excluding hydrogens is 540 g/mol. The van der Waals surface area contributed by atoms with Crippen molar-refractivity contribution in [2.24, 2.45) is 5.92 Å². The van der Waals surface area contributed by atoms with Crippen molar-refractivity contribution >= 4 is 45.1 Å². The Labute approximate surface area is 223 Å². The normalized spacial score (nSPS) is 14.9. The van der Waals surface area contributed by atoms with Crippen molar-refractivity contribution in [2.75, 3.05) is 30.5 Å². The molecule has 0 aromatic heterocycles. The molecule has 4 rings (SSSR count). The fraction of sp³-hybridized carbons (Fsp3) is 0.250. The fourth-order valence-electron chi connectivity index (χ4n) is 4.00. The number of amides is 2. The van der Waals surface area contributed by atoms with Crippen LogP contribution in [0.2, 0.25) is 0 Å². The molecule has 0 radical (unpaired) electrons. The van der Waals surface area contributed by atoms with Gasteiger partial charge in [-0.2, -0.15) is 0 Å². The number of benzene rings is 3. The Morgan fingerprint density at radius 2 is 1.73 bits per heavy atom. The number of carbonyl (C=O) groups is 3. The van der Waals surface area contributed by atoms with Crippen LogP contribution in [0.5, 0.6) is 17.2 Å². The number of ether oxygens (including phenoxy) is 3. The van der Waals surface area contributed by atoms with Crippen molar-refractivity contribution in [3.05, 3.63) is 76.3 Å². The molecule has 1 saturated heterocycles. The second kappa shape index (κ2) is 11.5. The maximum atomic E-state index is 12.6. The van der Waals surface area contributed by atoms with Gasteiger partial charge in [-0.25, -0.2) is 0 Å². The van der Waals surface area contributed by atoms with Gasteiger partial charge in [0.05, 0.1) is 13.0 Å². The molecule has 9 heteroatoms. The van der Waals surface area contributed by atoms with Gasteiger partial charge in [-0.1, -0.05) is 28.1 Å². The smallest absolute Gasteiger partial charge is 0.311 e. The predicted molar refractivity (Wildman–Crippen MR) is 143 cm³/mol. The Morgan fingerprint density at radius 3 is 2.43 bits per heavy atom. The second-order valence-corrected chi connectivity index (χ2v) is 9.58. The highest BCUT2D eigenvalue weighted by Crippen LogP contribution is 2.33. The van der Waals surface area contributed by atoms with Crippen LogP contribution in [-0.2, 0) is 19.1 Å². The van der Waals surface area contributed by atoms with Gasteiger partial charge in [0, 0.05) is 28.8 Å². The number of anilines is 2. The van der Waals surface area contributed by atoms with Crippen LogP contribution in [0.1, 0.15) is 17.5 Å². The van der Waals surface area contributed by atoms with Crippen LogP contribution >= 0.6 is 15.9 Å². The van der Waals surface area contributed by atoms with Gasteiger partial charge in [-0.3, -0.25) is 14.4 Å². The highest BCUT2D eigenvalue weighted by atomic mass is 79.9. The maximum absolute atomic E-state index is 12.6. The number of esters is 1. The molecule has 192 valence electrons. The number of hydrogen-bond acceptors (Lipinski definition) is 6. The zero-order valence-electron chi connectivity index (χ0n) is 20.7. The first-order chi connectivity index (χ1) is 17.7. The first kappa shape index (κ1) is 26.2. The Kier molecular flexibility index (Phi) is 8.13. The standard InChI is InChI=1S/C28H27BrN2O6/c1-17-13-23(18(2)12-22(17)29)30-26(32)16-36-28(34)19-14-27(33)31(15-19)20-8-10-21(11-9-20)37-25-7-5-4-6-24(25)35-3/h4-13,19H,14-16H2,1-3H3,(H,30,32)/t19-/m1/s1. The average molecular weight is 567 g/mol. The van der Waals surface area contributed by atoms with E-state index < -0.39 is 24.4 Å². The maximum Gasteiger partial charge on any atom is 0.311 e. The molecule has 0 unspecified atom stereocenters. The summed E-state index contributed by atoms with van der Waals surface area (Å²) in [5, 5.41) is 2.76. The summed E-state index contributed by atoms with van der Waals surface area (Å²) in [6, 6.07) is 18.1. The first-order valence-corrected chi connectivity index (χ1v) is 12.5. The van der Waals surface area contributed by atoms with Crippen LogP contribution in [0.3, 0.4) is 0 Å². The quantitative estimate of drug-likeness (QED) is 0.367. The molecule has 1 aliphatic heterocycles. The summed E-state index contributed by atoms with van der Waals surface area (Å²) in [5.41, 5.74) is 3.16. The lowest BCUT2D eigenvalue weighted by Crippen LogP contribution is -2.28. The molecule has 0 bridgehead atoms. The Morgan fingerprint density at radius 1 is 1.03 bits per heavy atom. The lowest BCUT2D eigenvalue weighted by molar-refractivity contribution is -0.151. The van der Waals surface area contributed by atoms with E-state index in [2.05, 4.69) is 21.2 Å². The highest BCUT2D eigenvalue weighted by Gasteiger charge is 2.36. The SMILES string of the molecule is COc1ccccc1Oc1ccc(N2C[C@H](C(=O)OCC(=O)Nc3cc(C)c(Br)cc3C)CC2=O)cc1. The molecule has 1 N–H and O–H groups in total. The molecule has 0 spiro atoms. The third-order valence-electron chi connectivity index (χ3n) is 6.03. The molecule has 1 heterocycles. The number of rotatable bonds is 8. The van der Waals surface area contributed by atoms with Gasteiger partial charge in [0.2, 0.25) is 5.91 Å². The van der Waals surface area contributed by atoms with E-state index in [0.717, 1.165) is 15.6 Å². The van der Waals surface area contributed by atoms with Crippen LogP contribution in [0.25, 0.3) is 0 Å². The predicted octanol–water partition coefficient (Wildman–Crippen LogP) is 5.40. The average Bonchev–Trinajstić information content (AvgIpc) is 3.28. The van der Waals surface area contributed by atoms with Crippen LogP contribution in [0.15, 0.2) is 65.1 Å². The fourth-order valence-corrected chi connectivity index (χ4v) is 4.45. The van der Waals surface area contributed by atoms with E-state index in [0.29, 0.717) is 28.6 Å². The van der Waals surface area contributed by atoms with E-state index in [-0.39, 0.29) is 18.9 Å². The number of methoxy groups -OCH3 is 1. The summed E-state index contributed by atoms with van der Waals surface area (Å²) in [6.45, 7) is 3.55. The number of carbonyl (C=O) groups excluding carboxylic acids is 3. The summed E-state index contributed by atoms with van der Waals surface area (Å²) in [4.78, 5) is 39.1. The minimum absolute atomic E-state index is 0.0188. The third kappa shape index (κ3) is 6.29. The molecule has 3 aromatic rings. The number of hydrogen-bond donors (Lipinski definition) is 1. The Bertz CT molecular complexity index is 1320. The van der Waals surface area contributed by atoms with Gasteiger partial charge < -0.3 is 24.4 Å². The van der Waals surface area contributed by atoms with Crippen molar-refractivity contribution in [1.29, 1.82) is 0 Å². The number of nitrogens with zero attached hydrogens (tertiary/aromatic N) is 1. The van der Waals surface area contributed by atoms with Crippen LogP contribution in [0.4, 0.5) is 11.4 Å². The zero-order chi connectivity index (χ0) is 26.5. The van der Waals surface area contributed by atoms with E-state index >= 15 is 0 Å². The van der Waals surface area contributed by atoms with Gasteiger partial charge in [0.15, 0.2) is 18.1 Å². The summed E-state index contributed by atoms with van der Waals surface area (Å²) < 4.78 is 17.3. The molecule has 0 saturated carbocycles. The van der Waals surface area contributed by atoms with Crippen LogP contribution < -0.4 is 19.7 Å². The first-order valence-electron chi connectivity index (χ1n) is 11.7. The third-order valence-corrected chi connectivity index (χ3v) is 6.88. The summed E-state index contributed by atoms with van der Waals surface area (Å²) in [7, 11) is 1.57. The van der Waals surface area contributed by atoms with Gasteiger partial charge in [0.25, 0.3) is 5.91 Å². The largest absolute Gasteiger partial charge is 0.493 e. The van der Waals surface area contributed by atoms with Gasteiger partial charge in [0.1, 0.15) is 5.75 Å². The Balaban J connectivity index is 1.31. The van der Waals surface area contributed by atoms with Crippen molar-refractivity contribution in [3.63, 3.8) is 0 Å². The van der Waals surface area contributed by atoms with Gasteiger partial charge >= 0.3 is 5.97 Å². The van der Waals surface area contributed by atoms with E-state index in [4.69, 9.17) is 14.2 Å². The molecule has 1 aliphatic rings. The minimum Gasteiger partial charge on any atom is -0.493 e. The van der Waals surface area contributed by atoms with Crippen LogP contribution in [-0.4, -0.2) is 38.0 Å². The molecule has 0 aliphatic carbocycles. The molecule has 8 nitrogen and oxygen atoms in total. The number of halogens is 1. The summed E-state index contributed by atoms with van der Waals surface area (Å²) in [5.74, 6) is -0.0909. The molecule has 37 heavy (non-hydrogen) atoms. The highest BCUT2D eigenvalue weighted by molar-refractivity contribution is 9.10. The number of nitrogens with one attached hydrogen (secondary N) is 1. The van der Waals surface area contributed by atoms with Crippen molar-refractivity contribution in [2.45, 2.75) is 20.3 Å². The molecule has 3 aromatic carbocycles. The lowest BCUT2D eigenvalue weighted by Gasteiger charge is -2.17. The van der Waals surface area contributed by atoms with Gasteiger partial charge in [-0.05, 0) is 73.5 Å². The van der Waals surface area contributed by atoms with E-state index in [1.54, 1.807) is 43.5 Å². The topological polar surface area (TPSA) is 94.2 Å². The molecule has 1 fully saturated rings. The monoisotopic (exact) mass is 566 g/mol. The number of aryl methyl sites for hydroxylation is 2. The zero-order valence-corrected chi connectivity index (χ0v) is 22.3. The molecule has 2 amide bonds. The van der Waals surface area contributed by atoms with Crippen molar-refractivity contribution in [3.8, 4) is 17.2 Å². The Hall–Kier alpha value is -3.85. The van der Waals surface area contributed by atoms with Crippen molar-refractivity contribution in [1.82, 2.24) is 0 Å². The van der Waals surface area contributed by atoms with Crippen molar-refractivity contribution < 1.29 is 28.6 Å². The number of para-hydroxylation sites is 2. The van der Waals surface area contributed by atoms with Crippen LogP contribution in [0, 0.1) is 19.8 Å². The molecule has 1 atom stereocenters. The lowest BCUT2D eigenvalue weighted by atomic mass is 10.1.